The molecule has 0 saturated carbocycles. The van der Waals surface area contributed by atoms with E-state index >= 15 is 0 Å². The molecular weight excluding hydrogens is 877 g/mol. The molecule has 3 aliphatic rings. The third-order valence-corrected chi connectivity index (χ3v) is 12.1. The Labute approximate surface area is 407 Å². The highest BCUT2D eigenvalue weighted by Gasteiger charge is 2.50. The van der Waals surface area contributed by atoms with Crippen molar-refractivity contribution in [2.75, 3.05) is 18.1 Å². The molecule has 2 aromatic heterocycles. The molecule has 1 aliphatic heterocycles. The molecular formula is C57H54N8O5. The highest BCUT2D eigenvalue weighted by Crippen LogP contribution is 2.34. The molecule has 1 fully saturated rings. The van der Waals surface area contributed by atoms with Crippen LogP contribution in [0.15, 0.2) is 200 Å². The summed E-state index contributed by atoms with van der Waals surface area (Å²) >= 11 is 0. The van der Waals surface area contributed by atoms with Gasteiger partial charge in [0.25, 0.3) is 0 Å². The van der Waals surface area contributed by atoms with Gasteiger partial charge in [0.15, 0.2) is 11.6 Å². The molecule has 3 heterocycles. The lowest BCUT2D eigenvalue weighted by molar-refractivity contribution is -0.131. The van der Waals surface area contributed by atoms with Crippen LogP contribution in [0.2, 0.25) is 0 Å². The average molecular weight is 931 g/mol. The van der Waals surface area contributed by atoms with E-state index in [1.54, 1.807) is 45.8 Å². The van der Waals surface area contributed by atoms with E-state index in [4.69, 9.17) is 9.47 Å². The van der Waals surface area contributed by atoms with Gasteiger partial charge in [-0.15, -0.1) is 10.2 Å². The fourth-order valence-electron chi connectivity index (χ4n) is 8.43. The molecule has 0 unspecified atom stereocenters. The average Bonchev–Trinajstić information content (AvgIpc) is 4.26. The van der Waals surface area contributed by atoms with Crippen LogP contribution in [0.5, 0.6) is 11.5 Å². The second-order valence-corrected chi connectivity index (χ2v) is 17.1. The van der Waals surface area contributed by atoms with Crippen molar-refractivity contribution in [2.45, 2.75) is 63.9 Å². The van der Waals surface area contributed by atoms with E-state index in [1.165, 1.54) is 0 Å². The molecule has 2 aliphatic carbocycles. The lowest BCUT2D eigenvalue weighted by Crippen LogP contribution is -2.70. The van der Waals surface area contributed by atoms with Crippen molar-refractivity contribution in [1.82, 2.24) is 34.9 Å². The van der Waals surface area contributed by atoms with Crippen molar-refractivity contribution < 1.29 is 23.9 Å². The summed E-state index contributed by atoms with van der Waals surface area (Å²) in [4.78, 5) is 43.6. The van der Waals surface area contributed by atoms with Crippen LogP contribution in [0.4, 0.5) is 5.69 Å². The Hall–Kier alpha value is -8.29. The molecule has 9 rings (SSSR count). The van der Waals surface area contributed by atoms with Gasteiger partial charge in [-0.2, -0.15) is 0 Å². The van der Waals surface area contributed by atoms with Crippen molar-refractivity contribution in [3.63, 3.8) is 0 Å². The molecule has 0 bridgehead atoms. The summed E-state index contributed by atoms with van der Waals surface area (Å²) in [6, 6.07) is 33.4. The summed E-state index contributed by atoms with van der Waals surface area (Å²) < 4.78 is 15.6. The predicted octanol–water partition coefficient (Wildman–Crippen LogP) is 9.56. The molecule has 1 saturated heterocycles. The van der Waals surface area contributed by atoms with Crippen LogP contribution in [0.25, 0.3) is 6.08 Å². The Bertz CT molecular complexity index is 2820. The number of β-lactam (4-membered cyclic amide) rings is 1. The van der Waals surface area contributed by atoms with Crippen LogP contribution in [0.3, 0.4) is 0 Å². The van der Waals surface area contributed by atoms with Gasteiger partial charge in [0.1, 0.15) is 17.5 Å². The zero-order valence-electron chi connectivity index (χ0n) is 38.8. The van der Waals surface area contributed by atoms with Crippen LogP contribution in [0.1, 0.15) is 63.4 Å². The molecule has 6 aromatic rings. The Kier molecular flexibility index (Phi) is 15.5. The maximum absolute atomic E-state index is 14.4. The molecule has 0 N–H and O–H groups in total. The number of benzene rings is 4. The van der Waals surface area contributed by atoms with Gasteiger partial charge in [-0.05, 0) is 102 Å². The van der Waals surface area contributed by atoms with E-state index in [-0.39, 0.29) is 23.5 Å². The van der Waals surface area contributed by atoms with Crippen molar-refractivity contribution in [2.24, 2.45) is 0 Å². The van der Waals surface area contributed by atoms with E-state index in [9.17, 15) is 14.4 Å². The number of ketones is 2. The van der Waals surface area contributed by atoms with Crippen LogP contribution in [0, 0.1) is 0 Å². The number of para-hydroxylation sites is 1. The fraction of sp³-hybridized carbons (Fsp3) is 0.211. The van der Waals surface area contributed by atoms with Gasteiger partial charge in [0.2, 0.25) is 5.91 Å². The van der Waals surface area contributed by atoms with Gasteiger partial charge < -0.3 is 14.4 Å². The Morgan fingerprint density at radius 3 is 1.61 bits per heavy atom. The molecule has 4 aromatic carbocycles. The van der Waals surface area contributed by atoms with Crippen LogP contribution in [-0.2, 0) is 31.0 Å². The molecule has 0 spiro atoms. The molecule has 0 radical (unpaired) electrons. The maximum Gasteiger partial charge on any atom is 0.247 e. The number of carbonyl (C=O) groups is 3. The van der Waals surface area contributed by atoms with E-state index in [0.717, 1.165) is 35.2 Å². The second-order valence-electron chi connectivity index (χ2n) is 17.1. The smallest absolute Gasteiger partial charge is 0.247 e. The van der Waals surface area contributed by atoms with Crippen LogP contribution in [-0.4, -0.2) is 77.7 Å². The number of hydrogen-bond acceptors (Lipinski definition) is 10. The number of allylic oxidation sites excluding steroid dienone is 12. The third kappa shape index (κ3) is 12.4. The minimum atomic E-state index is -0.517. The Morgan fingerprint density at radius 1 is 0.629 bits per heavy atom. The lowest BCUT2D eigenvalue weighted by Gasteiger charge is -2.50. The van der Waals surface area contributed by atoms with E-state index < -0.39 is 6.04 Å². The summed E-state index contributed by atoms with van der Waals surface area (Å²) in [6.45, 7) is 2.73. The number of amides is 1. The monoisotopic (exact) mass is 930 g/mol. The zero-order chi connectivity index (χ0) is 47.9. The number of hydrogen-bond donors (Lipinski definition) is 0. The molecule has 352 valence electrons. The summed E-state index contributed by atoms with van der Waals surface area (Å²) in [5, 5.41) is 18.0. The predicted molar refractivity (Wildman–Crippen MR) is 270 cm³/mol. The van der Waals surface area contributed by atoms with Gasteiger partial charge >= 0.3 is 0 Å². The second kappa shape index (κ2) is 23.1. The first kappa shape index (κ1) is 46.8. The number of ether oxygens (including phenoxy) is 2. The summed E-state index contributed by atoms with van der Waals surface area (Å²) in [5.74, 6) is 1.23. The minimum absolute atomic E-state index is 0.0241. The molecule has 70 heavy (non-hydrogen) atoms. The molecule has 2 atom stereocenters. The number of nitrogens with zero attached hydrogens (tertiary/aromatic N) is 8. The quantitative estimate of drug-likeness (QED) is 0.0250. The number of carbonyl (C=O) groups excluding carboxylic acids is 3. The first-order valence-corrected chi connectivity index (χ1v) is 23.7. The maximum atomic E-state index is 14.4. The van der Waals surface area contributed by atoms with Crippen molar-refractivity contribution >= 4 is 29.2 Å². The Morgan fingerprint density at radius 2 is 1.13 bits per heavy atom. The highest BCUT2D eigenvalue weighted by atomic mass is 16.5. The molecule has 13 nitrogen and oxygen atoms in total. The molecule has 13 heteroatoms. The van der Waals surface area contributed by atoms with E-state index in [0.29, 0.717) is 86.2 Å². The van der Waals surface area contributed by atoms with Gasteiger partial charge in [0, 0.05) is 68.2 Å². The first-order chi connectivity index (χ1) is 34.4. The van der Waals surface area contributed by atoms with Crippen molar-refractivity contribution in [1.29, 1.82) is 0 Å². The fourth-order valence-corrected chi connectivity index (χ4v) is 8.43. The van der Waals surface area contributed by atoms with Gasteiger partial charge in [-0.1, -0.05) is 120 Å². The normalized spacial score (nSPS) is 16.5. The largest absolute Gasteiger partial charge is 0.494 e. The number of anilines is 1. The van der Waals surface area contributed by atoms with Crippen molar-refractivity contribution in [3.8, 4) is 11.5 Å². The van der Waals surface area contributed by atoms with E-state index in [2.05, 4.69) is 62.0 Å². The summed E-state index contributed by atoms with van der Waals surface area (Å²) in [7, 11) is 0. The molecule has 1 amide bonds. The summed E-state index contributed by atoms with van der Waals surface area (Å²) in [6.07, 6.45) is 30.3. The summed E-state index contributed by atoms with van der Waals surface area (Å²) in [5.41, 5.74) is 6.58. The van der Waals surface area contributed by atoms with Crippen LogP contribution < -0.4 is 14.4 Å². The van der Waals surface area contributed by atoms with Crippen LogP contribution >= 0.6 is 0 Å². The first-order valence-electron chi connectivity index (χ1n) is 23.7. The van der Waals surface area contributed by atoms with Gasteiger partial charge in [-0.3, -0.25) is 28.6 Å². The number of aryl methyl sites for hydroxylation is 2. The van der Waals surface area contributed by atoms with Gasteiger partial charge in [0.05, 0.1) is 30.6 Å². The topological polar surface area (TPSA) is 138 Å². The van der Waals surface area contributed by atoms with Gasteiger partial charge in [-0.25, -0.2) is 0 Å². The third-order valence-electron chi connectivity index (χ3n) is 12.1. The SMILES string of the molecule is O=C(/C=C/C1=CCC=C1)c1ccc(OCCCn2cc(CN(Cc3cn(CCCOc4ccc(C(=O)/C=C/C5=CCC=C5)cc4)nn3)[C@@H]3C(=O)N(c4ccccc4)[C@@H]3/C=C/c3ccccc3)nn2)cc1. The Balaban J connectivity index is 0.825. The lowest BCUT2D eigenvalue weighted by atomic mass is 9.90. The zero-order valence-corrected chi connectivity index (χ0v) is 38.8. The highest BCUT2D eigenvalue weighted by molar-refractivity contribution is 6.07. The van der Waals surface area contributed by atoms with Crippen molar-refractivity contribution in [3.05, 3.63) is 228 Å². The number of rotatable bonds is 24. The standard InChI is InChI=1S/C57H54N8O5/c66-54(33-22-44-15-7-8-16-44)46-24-28-51(29-25-46)69-37-11-35-63-41-48(58-60-63)39-62(56-53(32-21-43-13-3-1-4-14-43)65(57(56)68)50-19-5-2-6-20-50)40-49-42-64(61-59-49)36-12-38-70-52-30-26-47(27-31-52)55(67)34-23-45-17-9-10-18-45/h1-7,9,13-34,41-42,53,56H,8,10-12,35-40H2/b32-21+,33-22+,34-23+/t53-,56+/m1/s1. The number of aromatic nitrogens is 6. The minimum Gasteiger partial charge on any atom is -0.494 e. The van der Waals surface area contributed by atoms with E-state index in [1.807, 2.05) is 127 Å².